The second-order valence-corrected chi connectivity index (χ2v) is 5.03. The number of thiophene rings is 1. The van der Waals surface area contributed by atoms with Crippen molar-refractivity contribution in [3.05, 3.63) is 27.8 Å². The maximum absolute atomic E-state index is 11.3. The Morgan fingerprint density at radius 3 is 2.78 bits per heavy atom. The number of hydrogen-bond acceptors (Lipinski definition) is 5. The van der Waals surface area contributed by atoms with Crippen LogP contribution in [0.25, 0.3) is 0 Å². The number of rotatable bonds is 4. The van der Waals surface area contributed by atoms with E-state index >= 15 is 0 Å². The summed E-state index contributed by atoms with van der Waals surface area (Å²) in [6.07, 6.45) is 1.38. The monoisotopic (exact) mass is 264 g/mol. The number of hydrogen-bond donors (Lipinski definition) is 1. The Labute approximate surface area is 111 Å². The van der Waals surface area contributed by atoms with Crippen LogP contribution in [0, 0.1) is 25.2 Å². The standard InChI is InChI=1S/C13H16N2O2S/c1-5-17-12(16)6-8(2)15-13-11(7-14)9(3)10(4)18-13/h6,15H,5H2,1-4H3/b8-6+. The topological polar surface area (TPSA) is 62.1 Å². The molecule has 96 valence electrons. The Bertz CT molecular complexity index is 524. The van der Waals surface area contributed by atoms with Crippen molar-refractivity contribution in [1.29, 1.82) is 5.26 Å². The maximum atomic E-state index is 11.3. The molecule has 0 saturated heterocycles. The predicted octanol–water partition coefficient (Wildman–Crippen LogP) is 3.12. The molecule has 4 nitrogen and oxygen atoms in total. The lowest BCUT2D eigenvalue weighted by atomic mass is 10.2. The molecule has 0 aliphatic heterocycles. The molecule has 1 heterocycles. The quantitative estimate of drug-likeness (QED) is 0.670. The van der Waals surface area contributed by atoms with Gasteiger partial charge >= 0.3 is 5.97 Å². The molecule has 0 unspecified atom stereocenters. The minimum absolute atomic E-state index is 0.350. The molecule has 18 heavy (non-hydrogen) atoms. The van der Waals surface area contributed by atoms with E-state index in [9.17, 15) is 4.79 Å². The van der Waals surface area contributed by atoms with Gasteiger partial charge in [-0.25, -0.2) is 4.79 Å². The van der Waals surface area contributed by atoms with Gasteiger partial charge in [0.1, 0.15) is 11.1 Å². The Hall–Kier alpha value is -1.80. The third-order valence-electron chi connectivity index (χ3n) is 2.43. The minimum Gasteiger partial charge on any atom is -0.463 e. The number of anilines is 1. The molecule has 1 aromatic heterocycles. The van der Waals surface area contributed by atoms with Gasteiger partial charge in [0.25, 0.3) is 0 Å². The molecule has 1 rings (SSSR count). The second-order valence-electron chi connectivity index (χ2n) is 3.80. The normalized spacial score (nSPS) is 10.9. The van der Waals surface area contributed by atoms with Gasteiger partial charge in [0.2, 0.25) is 0 Å². The van der Waals surface area contributed by atoms with E-state index < -0.39 is 0 Å². The number of esters is 1. The van der Waals surface area contributed by atoms with Crippen molar-refractivity contribution in [2.24, 2.45) is 0 Å². The van der Waals surface area contributed by atoms with E-state index in [0.29, 0.717) is 17.9 Å². The highest BCUT2D eigenvalue weighted by molar-refractivity contribution is 7.16. The molecule has 0 aliphatic carbocycles. The number of nitriles is 1. The van der Waals surface area contributed by atoms with Gasteiger partial charge < -0.3 is 10.1 Å². The summed E-state index contributed by atoms with van der Waals surface area (Å²) in [6.45, 7) is 7.76. The van der Waals surface area contributed by atoms with Gasteiger partial charge in [0.15, 0.2) is 0 Å². The van der Waals surface area contributed by atoms with Crippen LogP contribution in [0.2, 0.25) is 0 Å². The number of carbonyl (C=O) groups excluding carboxylic acids is 1. The van der Waals surface area contributed by atoms with Crippen molar-refractivity contribution < 1.29 is 9.53 Å². The molecule has 0 amide bonds. The Kier molecular flexibility index (Phi) is 4.93. The van der Waals surface area contributed by atoms with Crippen LogP contribution in [0.3, 0.4) is 0 Å². The zero-order chi connectivity index (χ0) is 13.7. The molecule has 1 aromatic rings. The van der Waals surface area contributed by atoms with Crippen LogP contribution >= 0.6 is 11.3 Å². The summed E-state index contributed by atoms with van der Waals surface area (Å²) in [5.41, 5.74) is 2.27. The van der Waals surface area contributed by atoms with Crippen LogP contribution in [0.15, 0.2) is 11.8 Å². The molecule has 0 atom stereocenters. The lowest BCUT2D eigenvalue weighted by Gasteiger charge is -2.04. The van der Waals surface area contributed by atoms with Crippen LogP contribution < -0.4 is 5.32 Å². The highest BCUT2D eigenvalue weighted by Gasteiger charge is 2.12. The highest BCUT2D eigenvalue weighted by atomic mass is 32.1. The summed E-state index contributed by atoms with van der Waals surface area (Å²) >= 11 is 1.51. The van der Waals surface area contributed by atoms with Crippen LogP contribution in [-0.2, 0) is 9.53 Å². The maximum Gasteiger partial charge on any atom is 0.332 e. The number of nitrogens with zero attached hydrogens (tertiary/aromatic N) is 1. The number of nitrogens with one attached hydrogen (secondary N) is 1. The minimum atomic E-state index is -0.383. The zero-order valence-electron chi connectivity index (χ0n) is 11.0. The van der Waals surface area contributed by atoms with Crippen LogP contribution in [0.4, 0.5) is 5.00 Å². The lowest BCUT2D eigenvalue weighted by Crippen LogP contribution is -2.04. The fraction of sp³-hybridized carbons (Fsp3) is 0.385. The first-order chi connectivity index (χ1) is 8.49. The first-order valence-electron chi connectivity index (χ1n) is 5.61. The van der Waals surface area contributed by atoms with Crippen LogP contribution in [-0.4, -0.2) is 12.6 Å². The highest BCUT2D eigenvalue weighted by Crippen LogP contribution is 2.32. The number of carbonyl (C=O) groups is 1. The van der Waals surface area contributed by atoms with E-state index in [0.717, 1.165) is 15.4 Å². The van der Waals surface area contributed by atoms with Crippen molar-refractivity contribution in [1.82, 2.24) is 0 Å². The van der Waals surface area contributed by atoms with Gasteiger partial charge in [0, 0.05) is 16.7 Å². The fourth-order valence-electron chi connectivity index (χ4n) is 1.43. The number of aryl methyl sites for hydroxylation is 1. The van der Waals surface area contributed by atoms with Gasteiger partial charge in [-0.05, 0) is 33.3 Å². The average molecular weight is 264 g/mol. The first kappa shape index (κ1) is 14.3. The van der Waals surface area contributed by atoms with Gasteiger partial charge in [-0.2, -0.15) is 5.26 Å². The Morgan fingerprint density at radius 1 is 1.56 bits per heavy atom. The summed E-state index contributed by atoms with van der Waals surface area (Å²) < 4.78 is 4.82. The van der Waals surface area contributed by atoms with E-state index in [2.05, 4.69) is 11.4 Å². The third-order valence-corrected chi connectivity index (χ3v) is 3.55. The molecule has 5 heteroatoms. The molecule has 1 N–H and O–H groups in total. The third kappa shape index (κ3) is 3.34. The van der Waals surface area contributed by atoms with E-state index in [-0.39, 0.29) is 5.97 Å². The zero-order valence-corrected chi connectivity index (χ0v) is 11.8. The molecule has 0 saturated carbocycles. The van der Waals surface area contributed by atoms with E-state index in [1.807, 2.05) is 13.8 Å². The first-order valence-corrected chi connectivity index (χ1v) is 6.43. The van der Waals surface area contributed by atoms with Gasteiger partial charge in [-0.3, -0.25) is 0 Å². The Morgan fingerprint density at radius 2 is 2.22 bits per heavy atom. The summed E-state index contributed by atoms with van der Waals surface area (Å²) in [5, 5.41) is 12.9. The summed E-state index contributed by atoms with van der Waals surface area (Å²) in [7, 11) is 0. The molecular weight excluding hydrogens is 248 g/mol. The number of ether oxygens (including phenoxy) is 1. The largest absolute Gasteiger partial charge is 0.463 e. The molecule has 0 spiro atoms. The van der Waals surface area contributed by atoms with Crippen molar-refractivity contribution in [3.8, 4) is 6.07 Å². The van der Waals surface area contributed by atoms with E-state index in [1.165, 1.54) is 17.4 Å². The lowest BCUT2D eigenvalue weighted by molar-refractivity contribution is -0.137. The van der Waals surface area contributed by atoms with E-state index in [1.54, 1.807) is 13.8 Å². The van der Waals surface area contributed by atoms with Crippen molar-refractivity contribution in [3.63, 3.8) is 0 Å². The van der Waals surface area contributed by atoms with Gasteiger partial charge in [-0.1, -0.05) is 0 Å². The second kappa shape index (κ2) is 6.22. The van der Waals surface area contributed by atoms with Gasteiger partial charge in [0.05, 0.1) is 12.2 Å². The summed E-state index contributed by atoms with van der Waals surface area (Å²) in [4.78, 5) is 12.4. The molecule has 0 aromatic carbocycles. The van der Waals surface area contributed by atoms with Crippen molar-refractivity contribution in [2.45, 2.75) is 27.7 Å². The smallest absolute Gasteiger partial charge is 0.332 e. The van der Waals surface area contributed by atoms with Crippen molar-refractivity contribution >= 4 is 22.3 Å². The van der Waals surface area contributed by atoms with Crippen LogP contribution in [0.5, 0.6) is 0 Å². The van der Waals surface area contributed by atoms with E-state index in [4.69, 9.17) is 10.00 Å². The summed E-state index contributed by atoms with van der Waals surface area (Å²) in [6, 6.07) is 2.17. The number of allylic oxidation sites excluding steroid dienone is 1. The SMILES string of the molecule is CCOC(=O)/C=C(\C)Nc1sc(C)c(C)c1C#N. The molecule has 0 aliphatic rings. The summed E-state index contributed by atoms with van der Waals surface area (Å²) in [5.74, 6) is -0.383. The molecule has 0 fully saturated rings. The predicted molar refractivity (Wildman–Crippen MR) is 72.5 cm³/mol. The molecular formula is C13H16N2O2S. The molecule has 0 bridgehead atoms. The fourth-order valence-corrected chi connectivity index (χ4v) is 2.50. The van der Waals surface area contributed by atoms with Gasteiger partial charge in [-0.15, -0.1) is 11.3 Å². The van der Waals surface area contributed by atoms with Crippen LogP contribution in [0.1, 0.15) is 29.9 Å². The molecule has 0 radical (unpaired) electrons. The van der Waals surface area contributed by atoms with Crippen molar-refractivity contribution in [2.75, 3.05) is 11.9 Å². The average Bonchev–Trinajstić information content (AvgIpc) is 2.54. The Balaban J connectivity index is 2.89.